The average Bonchev–Trinajstić information content (AvgIpc) is 2.92. The lowest BCUT2D eigenvalue weighted by Gasteiger charge is -2.24. The topological polar surface area (TPSA) is 32.3 Å². The molecule has 17 heavy (non-hydrogen) atoms. The van der Waals surface area contributed by atoms with Gasteiger partial charge in [0.05, 0.1) is 12.2 Å². The minimum Gasteiger partial charge on any atom is -0.323 e. The maximum Gasteiger partial charge on any atom is 0.241 e. The van der Waals surface area contributed by atoms with E-state index in [0.717, 1.165) is 25.7 Å². The molecule has 3 heteroatoms. The zero-order chi connectivity index (χ0) is 12.4. The fraction of sp³-hybridized carbons (Fsp3) is 0.929. The number of nitrogens with zero attached hydrogens (tertiary/aromatic N) is 1. The van der Waals surface area contributed by atoms with Crippen LogP contribution in [0.25, 0.3) is 0 Å². The van der Waals surface area contributed by atoms with Gasteiger partial charge in [0, 0.05) is 6.04 Å². The number of carbonyl (C=O) groups excluding carboxylic acids is 1. The lowest BCUT2D eigenvalue weighted by atomic mass is 10.1. The summed E-state index contributed by atoms with van der Waals surface area (Å²) in [6.07, 6.45) is 7.08. The maximum absolute atomic E-state index is 12.4. The molecule has 1 saturated carbocycles. The molecule has 1 amide bonds. The quantitative estimate of drug-likeness (QED) is 0.771. The van der Waals surface area contributed by atoms with Gasteiger partial charge in [0.2, 0.25) is 5.91 Å². The summed E-state index contributed by atoms with van der Waals surface area (Å²) in [5, 5.41) is 3.54. The summed E-state index contributed by atoms with van der Waals surface area (Å²) >= 11 is 0. The van der Waals surface area contributed by atoms with Crippen LogP contribution < -0.4 is 5.32 Å². The summed E-state index contributed by atoms with van der Waals surface area (Å²) in [5.41, 5.74) is 0. The Kier molecular flexibility index (Phi) is 4.08. The lowest BCUT2D eigenvalue weighted by Crippen LogP contribution is -2.39. The molecule has 0 aromatic heterocycles. The first-order valence-corrected chi connectivity index (χ1v) is 7.27. The number of rotatable bonds is 6. The highest BCUT2D eigenvalue weighted by atomic mass is 16.2. The van der Waals surface area contributed by atoms with Crippen molar-refractivity contribution in [2.24, 2.45) is 5.92 Å². The van der Waals surface area contributed by atoms with E-state index in [4.69, 9.17) is 0 Å². The van der Waals surface area contributed by atoms with Gasteiger partial charge in [-0.3, -0.25) is 10.1 Å². The molecule has 1 aliphatic carbocycles. The highest BCUT2D eigenvalue weighted by Gasteiger charge is 2.49. The molecular formula is C14H26N2O. The van der Waals surface area contributed by atoms with E-state index in [1.54, 1.807) is 0 Å². The van der Waals surface area contributed by atoms with Crippen molar-refractivity contribution in [2.45, 2.75) is 77.5 Å². The van der Waals surface area contributed by atoms with Gasteiger partial charge in [0.1, 0.15) is 0 Å². The molecule has 4 unspecified atom stereocenters. The fourth-order valence-corrected chi connectivity index (χ4v) is 2.91. The third-order valence-electron chi connectivity index (χ3n) is 4.11. The minimum absolute atomic E-state index is 0.0966. The molecule has 1 saturated heterocycles. The van der Waals surface area contributed by atoms with Gasteiger partial charge in [-0.25, -0.2) is 0 Å². The van der Waals surface area contributed by atoms with Crippen LogP contribution in [0.15, 0.2) is 0 Å². The summed E-state index contributed by atoms with van der Waals surface area (Å²) in [5.74, 6) is 1.08. The fourth-order valence-electron chi connectivity index (χ4n) is 2.91. The largest absolute Gasteiger partial charge is 0.323 e. The molecule has 0 aromatic carbocycles. The third-order valence-corrected chi connectivity index (χ3v) is 4.11. The van der Waals surface area contributed by atoms with Gasteiger partial charge in [-0.2, -0.15) is 0 Å². The molecule has 2 fully saturated rings. The maximum atomic E-state index is 12.4. The number of carbonyl (C=O) groups is 1. The predicted molar refractivity (Wildman–Crippen MR) is 69.6 cm³/mol. The Labute approximate surface area is 105 Å². The van der Waals surface area contributed by atoms with Crippen LogP contribution in [0.3, 0.4) is 0 Å². The number of amides is 1. The van der Waals surface area contributed by atoms with E-state index < -0.39 is 0 Å². The van der Waals surface area contributed by atoms with Gasteiger partial charge >= 0.3 is 0 Å². The Morgan fingerprint density at radius 3 is 2.53 bits per heavy atom. The minimum atomic E-state index is 0.0966. The van der Waals surface area contributed by atoms with Crippen molar-refractivity contribution in [1.29, 1.82) is 0 Å². The Balaban J connectivity index is 1.98. The highest BCUT2D eigenvalue weighted by Crippen LogP contribution is 2.39. The normalized spacial score (nSPS) is 36.6. The SMILES string of the molecule is CCCCC1NC(CCC)N(C2CC2C)C1=O. The molecule has 4 atom stereocenters. The monoisotopic (exact) mass is 238 g/mol. The van der Waals surface area contributed by atoms with Crippen LogP contribution in [0.1, 0.15) is 59.3 Å². The van der Waals surface area contributed by atoms with Gasteiger partial charge in [0.25, 0.3) is 0 Å². The molecular weight excluding hydrogens is 212 g/mol. The second-order valence-corrected chi connectivity index (χ2v) is 5.69. The zero-order valence-electron chi connectivity index (χ0n) is 11.4. The molecule has 2 aliphatic rings. The van der Waals surface area contributed by atoms with Gasteiger partial charge in [0.15, 0.2) is 0 Å². The first kappa shape index (κ1) is 12.9. The molecule has 2 rings (SSSR count). The Morgan fingerprint density at radius 1 is 1.29 bits per heavy atom. The molecule has 1 heterocycles. The van der Waals surface area contributed by atoms with Crippen LogP contribution in [0.4, 0.5) is 0 Å². The van der Waals surface area contributed by atoms with E-state index in [9.17, 15) is 4.79 Å². The average molecular weight is 238 g/mol. The molecule has 1 N–H and O–H groups in total. The molecule has 0 bridgehead atoms. The number of hydrogen-bond donors (Lipinski definition) is 1. The van der Waals surface area contributed by atoms with Crippen LogP contribution in [-0.4, -0.2) is 29.1 Å². The Morgan fingerprint density at radius 2 is 2.00 bits per heavy atom. The van der Waals surface area contributed by atoms with Crippen LogP contribution in [0.5, 0.6) is 0 Å². The highest BCUT2D eigenvalue weighted by molar-refractivity contribution is 5.85. The number of unbranched alkanes of at least 4 members (excludes halogenated alkanes) is 1. The molecule has 1 aliphatic heterocycles. The number of nitrogens with one attached hydrogen (secondary N) is 1. The Hall–Kier alpha value is -0.570. The summed E-state index contributed by atoms with van der Waals surface area (Å²) < 4.78 is 0. The summed E-state index contributed by atoms with van der Waals surface area (Å²) in [6.45, 7) is 6.63. The van der Waals surface area contributed by atoms with E-state index in [1.807, 2.05) is 0 Å². The van der Waals surface area contributed by atoms with Gasteiger partial charge in [-0.1, -0.05) is 40.0 Å². The van der Waals surface area contributed by atoms with Crippen LogP contribution in [0.2, 0.25) is 0 Å². The van der Waals surface area contributed by atoms with Crippen LogP contribution >= 0.6 is 0 Å². The molecule has 0 radical (unpaired) electrons. The smallest absolute Gasteiger partial charge is 0.241 e. The number of hydrogen-bond acceptors (Lipinski definition) is 2. The first-order chi connectivity index (χ1) is 8.19. The second kappa shape index (κ2) is 5.38. The van der Waals surface area contributed by atoms with Crippen molar-refractivity contribution >= 4 is 5.91 Å². The van der Waals surface area contributed by atoms with Crippen molar-refractivity contribution in [1.82, 2.24) is 10.2 Å². The van der Waals surface area contributed by atoms with E-state index in [-0.39, 0.29) is 6.04 Å². The first-order valence-electron chi connectivity index (χ1n) is 7.27. The van der Waals surface area contributed by atoms with Gasteiger partial charge in [-0.05, 0) is 25.2 Å². The van der Waals surface area contributed by atoms with Gasteiger partial charge < -0.3 is 4.90 Å². The molecule has 3 nitrogen and oxygen atoms in total. The molecule has 0 aromatic rings. The standard InChI is InChI=1S/C14H26N2O/c1-4-6-8-11-14(17)16(12-9-10(12)3)13(15-11)7-5-2/h10-13,15H,4-9H2,1-3H3. The van der Waals surface area contributed by atoms with Crippen molar-refractivity contribution in [2.75, 3.05) is 0 Å². The van der Waals surface area contributed by atoms with Crippen molar-refractivity contribution in [3.8, 4) is 0 Å². The van der Waals surface area contributed by atoms with E-state index >= 15 is 0 Å². The van der Waals surface area contributed by atoms with Crippen LogP contribution in [0, 0.1) is 5.92 Å². The van der Waals surface area contributed by atoms with Crippen molar-refractivity contribution in [3.63, 3.8) is 0 Å². The van der Waals surface area contributed by atoms with E-state index in [1.165, 1.54) is 12.8 Å². The van der Waals surface area contributed by atoms with Crippen molar-refractivity contribution in [3.05, 3.63) is 0 Å². The van der Waals surface area contributed by atoms with Crippen molar-refractivity contribution < 1.29 is 4.79 Å². The predicted octanol–water partition coefficient (Wildman–Crippen LogP) is 2.51. The Bertz CT molecular complexity index is 279. The second-order valence-electron chi connectivity index (χ2n) is 5.69. The zero-order valence-corrected chi connectivity index (χ0v) is 11.4. The molecule has 0 spiro atoms. The van der Waals surface area contributed by atoms with E-state index in [0.29, 0.717) is 24.0 Å². The third kappa shape index (κ3) is 2.65. The lowest BCUT2D eigenvalue weighted by molar-refractivity contribution is -0.131. The van der Waals surface area contributed by atoms with E-state index in [2.05, 4.69) is 31.0 Å². The van der Waals surface area contributed by atoms with Gasteiger partial charge in [-0.15, -0.1) is 0 Å². The summed E-state index contributed by atoms with van der Waals surface area (Å²) in [7, 11) is 0. The summed E-state index contributed by atoms with van der Waals surface area (Å²) in [4.78, 5) is 14.5. The molecule has 98 valence electrons. The van der Waals surface area contributed by atoms with Crippen LogP contribution in [-0.2, 0) is 4.79 Å². The summed E-state index contributed by atoms with van der Waals surface area (Å²) in [6, 6.07) is 0.623.